The standard InChI is InChI=1S/C14H18N6O2/c1-14(2,3)17-12(21)8-15-13(22)10-6-4-5-7-11(10)20-9-16-18-19-20/h4-7,9H,8H2,1-3H3,(H,15,22)(H,17,21). The molecule has 0 saturated heterocycles. The van der Waals surface area contributed by atoms with Crippen LogP contribution in [0.4, 0.5) is 0 Å². The fraction of sp³-hybridized carbons (Fsp3) is 0.357. The fourth-order valence-corrected chi connectivity index (χ4v) is 1.86. The minimum Gasteiger partial charge on any atom is -0.350 e. The molecule has 1 aromatic carbocycles. The number of rotatable bonds is 4. The maximum Gasteiger partial charge on any atom is 0.253 e. The van der Waals surface area contributed by atoms with Crippen molar-refractivity contribution < 1.29 is 9.59 Å². The number of carbonyl (C=O) groups excluding carboxylic acids is 2. The van der Waals surface area contributed by atoms with Crippen LogP contribution in [0, 0.1) is 0 Å². The Bertz CT molecular complexity index is 660. The summed E-state index contributed by atoms with van der Waals surface area (Å²) in [5.41, 5.74) is 0.589. The van der Waals surface area contributed by atoms with Crippen LogP contribution >= 0.6 is 0 Å². The third-order valence-electron chi connectivity index (χ3n) is 2.67. The Kier molecular flexibility index (Phi) is 4.50. The van der Waals surface area contributed by atoms with Crippen molar-refractivity contribution in [2.45, 2.75) is 26.3 Å². The first-order valence-electron chi connectivity index (χ1n) is 6.78. The lowest BCUT2D eigenvalue weighted by Crippen LogP contribution is -2.45. The zero-order valence-electron chi connectivity index (χ0n) is 12.7. The number of hydrogen-bond acceptors (Lipinski definition) is 5. The molecule has 1 aromatic heterocycles. The highest BCUT2D eigenvalue weighted by atomic mass is 16.2. The molecular weight excluding hydrogens is 284 g/mol. The van der Waals surface area contributed by atoms with E-state index in [9.17, 15) is 9.59 Å². The SMILES string of the molecule is CC(C)(C)NC(=O)CNC(=O)c1ccccc1-n1cnnn1. The van der Waals surface area contributed by atoms with Crippen molar-refractivity contribution in [1.82, 2.24) is 30.8 Å². The zero-order valence-corrected chi connectivity index (χ0v) is 12.7. The monoisotopic (exact) mass is 302 g/mol. The van der Waals surface area contributed by atoms with Gasteiger partial charge in [-0.15, -0.1) is 5.10 Å². The van der Waals surface area contributed by atoms with Crippen LogP contribution in [0.1, 0.15) is 31.1 Å². The van der Waals surface area contributed by atoms with E-state index in [-0.39, 0.29) is 23.9 Å². The van der Waals surface area contributed by atoms with Crippen LogP contribution in [0.3, 0.4) is 0 Å². The first-order chi connectivity index (χ1) is 10.4. The van der Waals surface area contributed by atoms with E-state index < -0.39 is 0 Å². The van der Waals surface area contributed by atoms with Gasteiger partial charge >= 0.3 is 0 Å². The first kappa shape index (κ1) is 15.6. The second-order valence-corrected chi connectivity index (χ2v) is 5.75. The van der Waals surface area contributed by atoms with E-state index >= 15 is 0 Å². The minimum absolute atomic E-state index is 0.0972. The highest BCUT2D eigenvalue weighted by Gasteiger charge is 2.16. The van der Waals surface area contributed by atoms with Crippen molar-refractivity contribution in [3.8, 4) is 5.69 Å². The van der Waals surface area contributed by atoms with Crippen LogP contribution in [0.25, 0.3) is 5.69 Å². The first-order valence-corrected chi connectivity index (χ1v) is 6.78. The summed E-state index contributed by atoms with van der Waals surface area (Å²) in [6.07, 6.45) is 1.40. The van der Waals surface area contributed by atoms with Gasteiger partial charge in [0.15, 0.2) is 0 Å². The zero-order chi connectivity index (χ0) is 16.2. The second kappa shape index (κ2) is 6.33. The summed E-state index contributed by atoms with van der Waals surface area (Å²) < 4.78 is 1.39. The Morgan fingerprint density at radius 1 is 1.23 bits per heavy atom. The predicted molar refractivity (Wildman–Crippen MR) is 79.4 cm³/mol. The average molecular weight is 302 g/mol. The third kappa shape index (κ3) is 4.11. The van der Waals surface area contributed by atoms with Gasteiger partial charge in [-0.1, -0.05) is 12.1 Å². The van der Waals surface area contributed by atoms with Gasteiger partial charge in [-0.25, -0.2) is 0 Å². The smallest absolute Gasteiger partial charge is 0.253 e. The summed E-state index contributed by atoms with van der Waals surface area (Å²) in [5.74, 6) is -0.615. The van der Waals surface area contributed by atoms with E-state index in [1.807, 2.05) is 20.8 Å². The molecule has 0 aliphatic heterocycles. The number of nitrogens with zero attached hydrogens (tertiary/aromatic N) is 4. The van der Waals surface area contributed by atoms with E-state index in [2.05, 4.69) is 26.2 Å². The molecule has 8 heteroatoms. The molecule has 2 rings (SSSR count). The lowest BCUT2D eigenvalue weighted by atomic mass is 10.1. The van der Waals surface area contributed by atoms with Gasteiger partial charge in [-0.05, 0) is 43.3 Å². The summed E-state index contributed by atoms with van der Waals surface area (Å²) in [6.45, 7) is 5.53. The molecule has 2 N–H and O–H groups in total. The van der Waals surface area contributed by atoms with Crippen molar-refractivity contribution in [2.24, 2.45) is 0 Å². The average Bonchev–Trinajstić information content (AvgIpc) is 2.97. The molecule has 1 heterocycles. The molecule has 0 bridgehead atoms. The molecule has 2 aromatic rings. The number of amides is 2. The number of aromatic nitrogens is 4. The molecule has 8 nitrogen and oxygen atoms in total. The largest absolute Gasteiger partial charge is 0.350 e. The van der Waals surface area contributed by atoms with Gasteiger partial charge in [-0.3, -0.25) is 9.59 Å². The molecule has 116 valence electrons. The van der Waals surface area contributed by atoms with Gasteiger partial charge in [0.05, 0.1) is 17.8 Å². The number of tetrazole rings is 1. The van der Waals surface area contributed by atoms with Gasteiger partial charge in [0, 0.05) is 5.54 Å². The summed E-state index contributed by atoms with van der Waals surface area (Å²) in [6, 6.07) is 6.88. The molecule has 0 unspecified atom stereocenters. The molecule has 22 heavy (non-hydrogen) atoms. The molecule has 0 spiro atoms. The number of nitrogens with one attached hydrogen (secondary N) is 2. The van der Waals surface area contributed by atoms with E-state index in [0.29, 0.717) is 11.3 Å². The normalized spacial score (nSPS) is 11.0. The molecule has 0 atom stereocenters. The van der Waals surface area contributed by atoms with Crippen LogP contribution in [-0.4, -0.2) is 44.1 Å². The van der Waals surface area contributed by atoms with Crippen LogP contribution in [0.15, 0.2) is 30.6 Å². The summed E-state index contributed by atoms with van der Waals surface area (Å²) in [7, 11) is 0. The van der Waals surface area contributed by atoms with E-state index in [4.69, 9.17) is 0 Å². The molecule has 0 aliphatic rings. The van der Waals surface area contributed by atoms with Crippen LogP contribution in [0.5, 0.6) is 0 Å². The predicted octanol–water partition coefficient (Wildman–Crippen LogP) is 0.307. The lowest BCUT2D eigenvalue weighted by Gasteiger charge is -2.20. The number of benzene rings is 1. The topological polar surface area (TPSA) is 102 Å². The van der Waals surface area contributed by atoms with Gasteiger partial charge in [0.1, 0.15) is 6.33 Å². The molecule has 0 aliphatic carbocycles. The Labute approximate surface area is 127 Å². The second-order valence-electron chi connectivity index (χ2n) is 5.75. The Hall–Kier alpha value is -2.77. The van der Waals surface area contributed by atoms with Gasteiger partial charge in [-0.2, -0.15) is 4.68 Å². The van der Waals surface area contributed by atoms with E-state index in [0.717, 1.165) is 0 Å². The molecule has 0 saturated carbocycles. The number of carbonyl (C=O) groups is 2. The summed E-state index contributed by atoms with van der Waals surface area (Å²) in [5, 5.41) is 16.2. The van der Waals surface area contributed by atoms with Crippen molar-refractivity contribution in [1.29, 1.82) is 0 Å². The van der Waals surface area contributed by atoms with E-state index in [1.165, 1.54) is 11.0 Å². The minimum atomic E-state index is -0.366. The Morgan fingerprint density at radius 2 is 1.95 bits per heavy atom. The highest BCUT2D eigenvalue weighted by Crippen LogP contribution is 2.12. The Balaban J connectivity index is 2.06. The maximum absolute atomic E-state index is 12.3. The quantitative estimate of drug-likeness (QED) is 0.846. The van der Waals surface area contributed by atoms with Crippen LogP contribution in [-0.2, 0) is 4.79 Å². The molecular formula is C14H18N6O2. The third-order valence-corrected chi connectivity index (χ3v) is 2.67. The van der Waals surface area contributed by atoms with E-state index in [1.54, 1.807) is 24.3 Å². The molecule has 0 radical (unpaired) electrons. The van der Waals surface area contributed by atoms with Crippen LogP contribution in [0.2, 0.25) is 0 Å². The van der Waals surface area contributed by atoms with Gasteiger partial charge < -0.3 is 10.6 Å². The highest BCUT2D eigenvalue weighted by molar-refractivity contribution is 5.99. The van der Waals surface area contributed by atoms with Gasteiger partial charge in [0.2, 0.25) is 5.91 Å². The molecule has 2 amide bonds. The van der Waals surface area contributed by atoms with Crippen molar-refractivity contribution in [3.05, 3.63) is 36.2 Å². The fourth-order valence-electron chi connectivity index (χ4n) is 1.86. The summed E-state index contributed by atoms with van der Waals surface area (Å²) >= 11 is 0. The Morgan fingerprint density at radius 3 is 2.59 bits per heavy atom. The molecule has 0 fully saturated rings. The van der Waals surface area contributed by atoms with Crippen molar-refractivity contribution in [3.63, 3.8) is 0 Å². The maximum atomic E-state index is 12.3. The van der Waals surface area contributed by atoms with Crippen LogP contribution < -0.4 is 10.6 Å². The summed E-state index contributed by atoms with van der Waals surface area (Å²) in [4.78, 5) is 24.0. The van der Waals surface area contributed by atoms with Crippen molar-refractivity contribution in [2.75, 3.05) is 6.54 Å². The lowest BCUT2D eigenvalue weighted by molar-refractivity contribution is -0.121. The number of para-hydroxylation sites is 1. The number of hydrogen-bond donors (Lipinski definition) is 2. The van der Waals surface area contributed by atoms with Gasteiger partial charge in [0.25, 0.3) is 5.91 Å². The van der Waals surface area contributed by atoms with Crippen molar-refractivity contribution >= 4 is 11.8 Å².